The summed E-state index contributed by atoms with van der Waals surface area (Å²) >= 11 is 0. The lowest BCUT2D eigenvalue weighted by atomic mass is 10.2. The van der Waals surface area contributed by atoms with Crippen LogP contribution in [0.25, 0.3) is 0 Å². The quantitative estimate of drug-likeness (QED) is 0.787. The molecule has 0 saturated carbocycles. The van der Waals surface area contributed by atoms with Gasteiger partial charge < -0.3 is 9.80 Å². The summed E-state index contributed by atoms with van der Waals surface area (Å²) in [7, 11) is -3.51. The largest absolute Gasteiger partial charge is 0.332 e. The minimum atomic E-state index is -3.51. The van der Waals surface area contributed by atoms with E-state index in [2.05, 4.69) is 6.92 Å². The SMILES string of the molecule is CC[NH+]1CCN(C(=O)CN(c2ccccc2C)S(C)(=O)=O)CC1. The Morgan fingerprint density at radius 3 is 2.39 bits per heavy atom. The molecular weight excluding hydrogens is 314 g/mol. The number of rotatable bonds is 5. The second kappa shape index (κ2) is 7.31. The van der Waals surface area contributed by atoms with Crippen molar-refractivity contribution in [2.24, 2.45) is 0 Å². The molecule has 1 aliphatic heterocycles. The summed E-state index contributed by atoms with van der Waals surface area (Å²) in [5.41, 5.74) is 1.41. The summed E-state index contributed by atoms with van der Waals surface area (Å²) in [6.45, 7) is 8.13. The summed E-state index contributed by atoms with van der Waals surface area (Å²) in [4.78, 5) is 15.8. The van der Waals surface area contributed by atoms with Gasteiger partial charge in [-0.1, -0.05) is 18.2 Å². The molecule has 128 valence electrons. The number of hydrogen-bond donors (Lipinski definition) is 1. The number of benzene rings is 1. The monoisotopic (exact) mass is 340 g/mol. The number of likely N-dealkylation sites (N-methyl/N-ethyl adjacent to an activating group) is 1. The minimum Gasteiger partial charge on any atom is -0.332 e. The van der Waals surface area contributed by atoms with Gasteiger partial charge in [0.25, 0.3) is 0 Å². The molecule has 0 radical (unpaired) electrons. The number of sulfonamides is 1. The lowest BCUT2D eigenvalue weighted by Crippen LogP contribution is -3.14. The Kier molecular flexibility index (Phi) is 5.64. The molecule has 1 aliphatic rings. The maximum absolute atomic E-state index is 12.5. The fourth-order valence-electron chi connectivity index (χ4n) is 2.87. The number of para-hydroxylation sites is 1. The summed E-state index contributed by atoms with van der Waals surface area (Å²) in [5, 5.41) is 0. The maximum atomic E-state index is 12.5. The highest BCUT2D eigenvalue weighted by molar-refractivity contribution is 7.92. The minimum absolute atomic E-state index is 0.131. The topological polar surface area (TPSA) is 62.1 Å². The van der Waals surface area contributed by atoms with E-state index in [1.165, 1.54) is 9.21 Å². The first-order valence-corrected chi connectivity index (χ1v) is 9.82. The molecule has 1 heterocycles. The standard InChI is InChI=1S/C16H25N3O3S/c1-4-17-9-11-18(12-10-17)16(20)13-19(23(3,21)22)15-8-6-5-7-14(15)2/h5-8H,4,9-13H2,1-3H3/p+1. The molecule has 0 aliphatic carbocycles. The van der Waals surface area contributed by atoms with Crippen molar-refractivity contribution < 1.29 is 18.1 Å². The van der Waals surface area contributed by atoms with Crippen molar-refractivity contribution in [2.45, 2.75) is 13.8 Å². The molecule has 23 heavy (non-hydrogen) atoms. The number of hydrogen-bond acceptors (Lipinski definition) is 3. The Morgan fingerprint density at radius 1 is 1.26 bits per heavy atom. The number of carbonyl (C=O) groups excluding carboxylic acids is 1. The zero-order valence-electron chi connectivity index (χ0n) is 14.1. The van der Waals surface area contributed by atoms with Gasteiger partial charge in [-0.15, -0.1) is 0 Å². The Balaban J connectivity index is 2.13. The second-order valence-electron chi connectivity index (χ2n) is 6.04. The van der Waals surface area contributed by atoms with Gasteiger partial charge >= 0.3 is 0 Å². The molecule has 7 heteroatoms. The van der Waals surface area contributed by atoms with E-state index in [0.29, 0.717) is 18.8 Å². The van der Waals surface area contributed by atoms with Crippen LogP contribution in [0.1, 0.15) is 12.5 Å². The van der Waals surface area contributed by atoms with Gasteiger partial charge in [-0.3, -0.25) is 9.10 Å². The van der Waals surface area contributed by atoms with E-state index in [1.807, 2.05) is 19.1 Å². The van der Waals surface area contributed by atoms with Crippen molar-refractivity contribution >= 4 is 21.6 Å². The smallest absolute Gasteiger partial charge is 0.243 e. The van der Waals surface area contributed by atoms with Crippen LogP contribution in [0.5, 0.6) is 0 Å². The van der Waals surface area contributed by atoms with Crippen LogP contribution in [0.2, 0.25) is 0 Å². The third kappa shape index (κ3) is 4.45. The van der Waals surface area contributed by atoms with E-state index in [1.54, 1.807) is 17.0 Å². The molecule has 1 amide bonds. The van der Waals surface area contributed by atoms with Crippen molar-refractivity contribution in [2.75, 3.05) is 49.8 Å². The molecule has 0 bridgehead atoms. The number of carbonyl (C=O) groups is 1. The first-order valence-electron chi connectivity index (χ1n) is 7.97. The molecule has 1 N–H and O–H groups in total. The average molecular weight is 340 g/mol. The third-order valence-corrected chi connectivity index (χ3v) is 5.51. The Hall–Kier alpha value is -1.60. The summed E-state index contributed by atoms with van der Waals surface area (Å²) in [6.07, 6.45) is 1.14. The van der Waals surface area contributed by atoms with Gasteiger partial charge in [0.15, 0.2) is 0 Å². The normalized spacial score (nSPS) is 16.4. The highest BCUT2D eigenvalue weighted by Gasteiger charge is 2.27. The van der Waals surface area contributed by atoms with Crippen molar-refractivity contribution in [1.82, 2.24) is 4.90 Å². The second-order valence-corrected chi connectivity index (χ2v) is 7.95. The lowest BCUT2D eigenvalue weighted by molar-refractivity contribution is -0.902. The molecule has 1 fully saturated rings. The third-order valence-electron chi connectivity index (χ3n) is 4.39. The fourth-order valence-corrected chi connectivity index (χ4v) is 3.78. The van der Waals surface area contributed by atoms with Crippen LogP contribution < -0.4 is 9.21 Å². The van der Waals surface area contributed by atoms with Crippen LogP contribution in [-0.2, 0) is 14.8 Å². The Labute approximate surface area is 138 Å². The molecule has 0 atom stereocenters. The zero-order valence-corrected chi connectivity index (χ0v) is 14.9. The average Bonchev–Trinajstić information content (AvgIpc) is 2.52. The van der Waals surface area contributed by atoms with Crippen molar-refractivity contribution in [3.8, 4) is 0 Å². The van der Waals surface area contributed by atoms with E-state index in [0.717, 1.165) is 31.5 Å². The van der Waals surface area contributed by atoms with Gasteiger partial charge in [0.2, 0.25) is 15.9 Å². The first-order chi connectivity index (χ1) is 10.8. The van der Waals surface area contributed by atoms with Crippen molar-refractivity contribution in [3.63, 3.8) is 0 Å². The number of quaternary nitrogens is 1. The molecule has 0 aromatic heterocycles. The van der Waals surface area contributed by atoms with Gasteiger partial charge in [0, 0.05) is 0 Å². The van der Waals surface area contributed by atoms with Gasteiger partial charge in [-0.05, 0) is 25.5 Å². The number of amides is 1. The van der Waals surface area contributed by atoms with Crippen molar-refractivity contribution in [3.05, 3.63) is 29.8 Å². The first kappa shape index (κ1) is 17.7. The number of nitrogens with one attached hydrogen (secondary N) is 1. The van der Waals surface area contributed by atoms with Gasteiger partial charge in [0.1, 0.15) is 6.54 Å². The predicted octanol–water partition coefficient (Wildman–Crippen LogP) is -0.492. The van der Waals surface area contributed by atoms with E-state index >= 15 is 0 Å². The molecule has 0 spiro atoms. The van der Waals surface area contributed by atoms with Crippen LogP contribution >= 0.6 is 0 Å². The summed E-state index contributed by atoms with van der Waals surface area (Å²) in [6, 6.07) is 7.23. The highest BCUT2D eigenvalue weighted by Crippen LogP contribution is 2.22. The molecular formula is C16H26N3O3S+. The number of aryl methyl sites for hydroxylation is 1. The van der Waals surface area contributed by atoms with E-state index < -0.39 is 10.0 Å². The lowest BCUT2D eigenvalue weighted by Gasteiger charge is -2.33. The van der Waals surface area contributed by atoms with Crippen LogP contribution in [0.15, 0.2) is 24.3 Å². The zero-order chi connectivity index (χ0) is 17.0. The van der Waals surface area contributed by atoms with Gasteiger partial charge in [-0.25, -0.2) is 8.42 Å². The number of piperazine rings is 1. The van der Waals surface area contributed by atoms with Crippen LogP contribution in [0.4, 0.5) is 5.69 Å². The van der Waals surface area contributed by atoms with Crippen molar-refractivity contribution in [1.29, 1.82) is 0 Å². The number of nitrogens with zero attached hydrogens (tertiary/aromatic N) is 2. The fraction of sp³-hybridized carbons (Fsp3) is 0.562. The summed E-state index contributed by atoms with van der Waals surface area (Å²) in [5.74, 6) is -0.131. The van der Waals surface area contributed by atoms with Crippen LogP contribution in [-0.4, -0.2) is 64.7 Å². The summed E-state index contributed by atoms with van der Waals surface area (Å²) < 4.78 is 25.5. The molecule has 1 aromatic carbocycles. The van der Waals surface area contributed by atoms with Gasteiger partial charge in [0.05, 0.1) is 44.7 Å². The van der Waals surface area contributed by atoms with E-state index in [-0.39, 0.29) is 12.5 Å². The molecule has 0 unspecified atom stereocenters. The molecule has 6 nitrogen and oxygen atoms in total. The number of anilines is 1. The maximum Gasteiger partial charge on any atom is 0.243 e. The van der Waals surface area contributed by atoms with Gasteiger partial charge in [-0.2, -0.15) is 0 Å². The molecule has 1 saturated heterocycles. The predicted molar refractivity (Wildman–Crippen MR) is 91.2 cm³/mol. The highest BCUT2D eigenvalue weighted by atomic mass is 32.2. The van der Waals surface area contributed by atoms with E-state index in [4.69, 9.17) is 0 Å². The molecule has 1 aromatic rings. The Morgan fingerprint density at radius 2 is 1.87 bits per heavy atom. The Bertz CT molecular complexity index is 652. The molecule has 2 rings (SSSR count). The van der Waals surface area contributed by atoms with E-state index in [9.17, 15) is 13.2 Å². The van der Waals surface area contributed by atoms with Crippen LogP contribution in [0.3, 0.4) is 0 Å². The van der Waals surface area contributed by atoms with Crippen LogP contribution in [0, 0.1) is 6.92 Å².